The average molecular weight is 782 g/mol. The van der Waals surface area contributed by atoms with Gasteiger partial charge in [-0.2, -0.15) is 0 Å². The summed E-state index contributed by atoms with van der Waals surface area (Å²) in [5.74, 6) is 1.93. The van der Waals surface area contributed by atoms with Gasteiger partial charge in [-0.05, 0) is 67.3 Å². The lowest BCUT2D eigenvalue weighted by Gasteiger charge is -2.31. The smallest absolute Gasteiger partial charge is 0.164 e. The highest BCUT2D eigenvalue weighted by atomic mass is 32.1. The first-order valence-electron chi connectivity index (χ1n) is 20.4. The minimum atomic E-state index is -0.579. The van der Waals surface area contributed by atoms with E-state index in [9.17, 15) is 0 Å². The van der Waals surface area contributed by atoms with Crippen LogP contribution in [0.4, 0.5) is 0 Å². The molecule has 60 heavy (non-hydrogen) atoms. The van der Waals surface area contributed by atoms with Crippen molar-refractivity contribution in [3.05, 3.63) is 235 Å². The summed E-state index contributed by atoms with van der Waals surface area (Å²) in [5.41, 5.74) is 17.2. The molecular formula is C56H35N3S. The molecule has 1 atom stereocenters. The van der Waals surface area contributed by atoms with Crippen molar-refractivity contribution in [1.29, 1.82) is 0 Å². The van der Waals surface area contributed by atoms with Crippen LogP contribution in [0.3, 0.4) is 0 Å². The summed E-state index contributed by atoms with van der Waals surface area (Å²) in [7, 11) is 0. The van der Waals surface area contributed by atoms with Crippen molar-refractivity contribution < 1.29 is 0 Å². The zero-order valence-corrected chi connectivity index (χ0v) is 33.3. The van der Waals surface area contributed by atoms with Gasteiger partial charge >= 0.3 is 0 Å². The molecule has 8 aromatic carbocycles. The highest BCUT2D eigenvalue weighted by Gasteiger charge is 2.55. The molecule has 1 spiro atoms. The number of hydrogen-bond acceptors (Lipinski definition) is 4. The van der Waals surface area contributed by atoms with E-state index in [-0.39, 0.29) is 0 Å². The van der Waals surface area contributed by atoms with E-state index in [4.69, 9.17) is 15.0 Å². The SMILES string of the molecule is c1ccc(-c2cccc(-c3nc(-c4ccccc4)nc(-c4cccc5c4-c4ccccc4C54c5ccccc5-c5c(-c6ccccc6)sc(-c6ccccc6)c54)n3)c2)cc1. The summed E-state index contributed by atoms with van der Waals surface area (Å²) in [5, 5.41) is 0. The van der Waals surface area contributed by atoms with E-state index in [1.165, 1.54) is 59.8 Å². The third-order valence-corrected chi connectivity index (χ3v) is 13.4. The summed E-state index contributed by atoms with van der Waals surface area (Å²) in [6, 6.07) is 76.0. The number of benzene rings is 8. The Balaban J connectivity index is 1.15. The minimum absolute atomic E-state index is 0.579. The van der Waals surface area contributed by atoms with Crippen LogP contribution in [0.15, 0.2) is 212 Å². The summed E-state index contributed by atoms with van der Waals surface area (Å²) in [6.45, 7) is 0. The second kappa shape index (κ2) is 13.8. The van der Waals surface area contributed by atoms with Crippen LogP contribution in [0.5, 0.6) is 0 Å². The fourth-order valence-electron chi connectivity index (χ4n) is 9.68. The normalized spacial score (nSPS) is 14.4. The van der Waals surface area contributed by atoms with Crippen LogP contribution in [0.1, 0.15) is 22.3 Å². The summed E-state index contributed by atoms with van der Waals surface area (Å²) in [4.78, 5) is 18.4. The number of thiophene rings is 1. The van der Waals surface area contributed by atoms with Crippen LogP contribution in [0, 0.1) is 0 Å². The Morgan fingerprint density at radius 1 is 0.300 bits per heavy atom. The first kappa shape index (κ1) is 34.5. The molecular weight excluding hydrogens is 747 g/mol. The van der Waals surface area contributed by atoms with Crippen LogP contribution >= 0.6 is 11.3 Å². The molecule has 2 aliphatic rings. The van der Waals surface area contributed by atoms with Crippen molar-refractivity contribution in [2.24, 2.45) is 0 Å². The lowest BCUT2D eigenvalue weighted by Crippen LogP contribution is -2.26. The molecule has 3 nitrogen and oxygen atoms in total. The van der Waals surface area contributed by atoms with Crippen molar-refractivity contribution >= 4 is 11.3 Å². The third kappa shape index (κ3) is 5.18. The van der Waals surface area contributed by atoms with Gasteiger partial charge in [-0.15, -0.1) is 11.3 Å². The van der Waals surface area contributed by atoms with Gasteiger partial charge < -0.3 is 0 Å². The zero-order chi connectivity index (χ0) is 39.6. The Hall–Kier alpha value is -7.53. The van der Waals surface area contributed by atoms with Gasteiger partial charge in [-0.25, -0.2) is 15.0 Å². The molecule has 12 rings (SSSR count). The molecule has 0 aliphatic heterocycles. The van der Waals surface area contributed by atoms with E-state index in [1.807, 2.05) is 35.6 Å². The molecule has 0 bridgehead atoms. The summed E-state index contributed by atoms with van der Waals surface area (Å²) >= 11 is 1.91. The quantitative estimate of drug-likeness (QED) is 0.169. The lowest BCUT2D eigenvalue weighted by molar-refractivity contribution is 0.798. The molecule has 2 heterocycles. The number of nitrogens with zero attached hydrogens (tertiary/aromatic N) is 3. The van der Waals surface area contributed by atoms with Crippen molar-refractivity contribution in [2.75, 3.05) is 0 Å². The molecule has 1 unspecified atom stereocenters. The highest BCUT2D eigenvalue weighted by molar-refractivity contribution is 7.19. The topological polar surface area (TPSA) is 38.7 Å². The standard InChI is InChI=1S/C56H35N3S/c1-5-19-36(20-6-1)40-27-17-28-41(35-40)54-57-53(39-25-11-4-12-26-39)58-55(59-54)44-31-18-34-47-48(44)42-29-13-15-32-45(42)56(47)46-33-16-14-30-43(46)49-50(56)52(38-23-9-3-10-24-38)60-51(49)37-21-7-2-8-22-37/h1-35H. The first-order chi connectivity index (χ1) is 29.8. The largest absolute Gasteiger partial charge is 0.208 e. The second-order valence-electron chi connectivity index (χ2n) is 15.4. The van der Waals surface area contributed by atoms with Crippen LogP contribution < -0.4 is 0 Å². The number of aromatic nitrogens is 3. The average Bonchev–Trinajstić information content (AvgIpc) is 3.97. The van der Waals surface area contributed by atoms with E-state index in [1.54, 1.807) is 0 Å². The molecule has 2 aromatic heterocycles. The number of rotatable bonds is 6. The Labute approximate surface area is 353 Å². The maximum absolute atomic E-state index is 5.38. The molecule has 280 valence electrons. The third-order valence-electron chi connectivity index (χ3n) is 12.2. The second-order valence-corrected chi connectivity index (χ2v) is 16.5. The maximum atomic E-state index is 5.38. The minimum Gasteiger partial charge on any atom is -0.208 e. The Morgan fingerprint density at radius 2 is 0.733 bits per heavy atom. The van der Waals surface area contributed by atoms with Gasteiger partial charge in [0.05, 0.1) is 5.41 Å². The molecule has 0 amide bonds. The van der Waals surface area contributed by atoms with Gasteiger partial charge in [0.25, 0.3) is 0 Å². The molecule has 2 aliphatic carbocycles. The Morgan fingerprint density at radius 3 is 1.38 bits per heavy atom. The van der Waals surface area contributed by atoms with Gasteiger partial charge in [0.15, 0.2) is 17.5 Å². The van der Waals surface area contributed by atoms with Crippen LogP contribution in [-0.2, 0) is 5.41 Å². The van der Waals surface area contributed by atoms with Crippen LogP contribution in [0.25, 0.3) is 88.4 Å². The fourth-order valence-corrected chi connectivity index (χ4v) is 11.1. The van der Waals surface area contributed by atoms with Gasteiger partial charge in [0.2, 0.25) is 0 Å². The van der Waals surface area contributed by atoms with Crippen molar-refractivity contribution in [3.8, 4) is 88.4 Å². The van der Waals surface area contributed by atoms with Gasteiger partial charge in [0, 0.05) is 32.0 Å². The first-order valence-corrected chi connectivity index (χ1v) is 21.2. The molecule has 4 heteroatoms. The highest BCUT2D eigenvalue weighted by Crippen LogP contribution is 2.68. The van der Waals surface area contributed by atoms with Crippen molar-refractivity contribution in [1.82, 2.24) is 15.0 Å². The van der Waals surface area contributed by atoms with Crippen molar-refractivity contribution in [3.63, 3.8) is 0 Å². The molecule has 0 saturated carbocycles. The van der Waals surface area contributed by atoms with Gasteiger partial charge in [-0.3, -0.25) is 0 Å². The fraction of sp³-hybridized carbons (Fsp3) is 0.0179. The molecule has 0 N–H and O–H groups in total. The van der Waals surface area contributed by atoms with Crippen molar-refractivity contribution in [2.45, 2.75) is 5.41 Å². The lowest BCUT2D eigenvalue weighted by atomic mass is 9.70. The maximum Gasteiger partial charge on any atom is 0.164 e. The van der Waals surface area contributed by atoms with Gasteiger partial charge in [-0.1, -0.05) is 206 Å². The predicted molar refractivity (Wildman–Crippen MR) is 247 cm³/mol. The number of fused-ring (bicyclic) bond motifs is 10. The monoisotopic (exact) mass is 781 g/mol. The Bertz CT molecular complexity index is 3250. The van der Waals surface area contributed by atoms with E-state index >= 15 is 0 Å². The van der Waals surface area contributed by atoms with E-state index in [0.717, 1.165) is 33.4 Å². The molecule has 0 radical (unpaired) electrons. The van der Waals surface area contributed by atoms with E-state index < -0.39 is 5.41 Å². The molecule has 0 saturated heterocycles. The van der Waals surface area contributed by atoms with E-state index in [0.29, 0.717) is 17.5 Å². The zero-order valence-electron chi connectivity index (χ0n) is 32.5. The van der Waals surface area contributed by atoms with E-state index in [2.05, 4.69) is 188 Å². The molecule has 10 aromatic rings. The summed E-state index contributed by atoms with van der Waals surface area (Å²) in [6.07, 6.45) is 0. The van der Waals surface area contributed by atoms with Crippen LogP contribution in [-0.4, -0.2) is 15.0 Å². The Kier molecular flexibility index (Phi) is 7.94. The molecule has 0 fully saturated rings. The number of hydrogen-bond donors (Lipinski definition) is 0. The summed E-state index contributed by atoms with van der Waals surface area (Å²) < 4.78 is 0. The predicted octanol–water partition coefficient (Wildman–Crippen LogP) is 14.3. The van der Waals surface area contributed by atoms with Crippen LogP contribution in [0.2, 0.25) is 0 Å². The van der Waals surface area contributed by atoms with Gasteiger partial charge in [0.1, 0.15) is 0 Å².